The van der Waals surface area contributed by atoms with E-state index in [2.05, 4.69) is 24.4 Å². The molecule has 2 aliphatic rings. The topological polar surface area (TPSA) is 58.6 Å². The van der Waals surface area contributed by atoms with Crippen LogP contribution in [0.25, 0.3) is 0 Å². The highest BCUT2D eigenvalue weighted by atomic mass is 16.5. The molecule has 2 aromatic carbocycles. The number of aryl methyl sites for hydroxylation is 1. The van der Waals surface area contributed by atoms with Crippen LogP contribution in [0.15, 0.2) is 48.5 Å². The van der Waals surface area contributed by atoms with Crippen molar-refractivity contribution in [2.45, 2.75) is 45.1 Å². The summed E-state index contributed by atoms with van der Waals surface area (Å²) in [6, 6.07) is 15.9. The lowest BCUT2D eigenvalue weighted by Gasteiger charge is -2.32. The van der Waals surface area contributed by atoms with Gasteiger partial charge in [-0.05, 0) is 56.4 Å². The molecule has 1 N–H and O–H groups in total. The van der Waals surface area contributed by atoms with E-state index in [0.717, 1.165) is 44.3 Å². The fourth-order valence-electron chi connectivity index (χ4n) is 3.86. The molecule has 1 saturated carbocycles. The van der Waals surface area contributed by atoms with Gasteiger partial charge in [-0.15, -0.1) is 0 Å². The number of carbonyl (C=O) groups is 2. The van der Waals surface area contributed by atoms with Gasteiger partial charge in [0.2, 0.25) is 5.91 Å². The van der Waals surface area contributed by atoms with Gasteiger partial charge in [0, 0.05) is 30.6 Å². The van der Waals surface area contributed by atoms with Crippen LogP contribution in [0.2, 0.25) is 0 Å². The number of amides is 2. The molecule has 2 fully saturated rings. The molecular weight excluding hydrogens is 376 g/mol. The zero-order chi connectivity index (χ0) is 20.9. The monoisotopic (exact) mass is 406 g/mol. The molecule has 2 aromatic rings. The SMILES string of the molecule is Cc1ccc(CC(=O)N2CCC[C@@H](COc3cccc(C(=O)NC4CC4)c3)C2)cc1. The molecule has 1 atom stereocenters. The second-order valence-electron chi connectivity index (χ2n) is 8.60. The minimum atomic E-state index is -0.0338. The van der Waals surface area contributed by atoms with Crippen LogP contribution in [0, 0.1) is 12.8 Å². The van der Waals surface area contributed by atoms with E-state index in [1.165, 1.54) is 5.56 Å². The van der Waals surface area contributed by atoms with Gasteiger partial charge in [-0.3, -0.25) is 9.59 Å². The molecule has 4 rings (SSSR count). The zero-order valence-corrected chi connectivity index (χ0v) is 17.6. The van der Waals surface area contributed by atoms with Gasteiger partial charge in [-0.1, -0.05) is 35.9 Å². The Kier molecular flexibility index (Phi) is 6.36. The third kappa shape index (κ3) is 5.62. The van der Waals surface area contributed by atoms with Gasteiger partial charge in [0.05, 0.1) is 13.0 Å². The van der Waals surface area contributed by atoms with Crippen LogP contribution in [0.3, 0.4) is 0 Å². The smallest absolute Gasteiger partial charge is 0.251 e. The summed E-state index contributed by atoms with van der Waals surface area (Å²) >= 11 is 0. The van der Waals surface area contributed by atoms with Crippen molar-refractivity contribution in [1.29, 1.82) is 0 Å². The average molecular weight is 407 g/mol. The molecule has 158 valence electrons. The molecule has 0 aromatic heterocycles. The highest BCUT2D eigenvalue weighted by molar-refractivity contribution is 5.94. The summed E-state index contributed by atoms with van der Waals surface area (Å²) in [6.07, 6.45) is 4.64. The quantitative estimate of drug-likeness (QED) is 0.762. The van der Waals surface area contributed by atoms with E-state index in [4.69, 9.17) is 4.74 Å². The number of benzene rings is 2. The highest BCUT2D eigenvalue weighted by Gasteiger charge is 2.25. The normalized spacial score (nSPS) is 18.7. The summed E-state index contributed by atoms with van der Waals surface area (Å²) in [5, 5.41) is 3.01. The molecule has 0 spiro atoms. The maximum atomic E-state index is 12.7. The first-order chi connectivity index (χ1) is 14.6. The molecule has 2 amide bonds. The summed E-state index contributed by atoms with van der Waals surface area (Å²) < 4.78 is 6.00. The van der Waals surface area contributed by atoms with Gasteiger partial charge in [-0.2, -0.15) is 0 Å². The van der Waals surface area contributed by atoms with Crippen LogP contribution in [-0.2, 0) is 11.2 Å². The zero-order valence-electron chi connectivity index (χ0n) is 17.6. The van der Waals surface area contributed by atoms with Crippen LogP contribution in [0.5, 0.6) is 5.75 Å². The number of hydrogen-bond donors (Lipinski definition) is 1. The Morgan fingerprint density at radius 1 is 1.10 bits per heavy atom. The minimum absolute atomic E-state index is 0.0338. The molecular formula is C25H30N2O3. The molecule has 1 saturated heterocycles. The molecule has 5 heteroatoms. The second-order valence-corrected chi connectivity index (χ2v) is 8.60. The lowest BCUT2D eigenvalue weighted by Crippen LogP contribution is -2.42. The van der Waals surface area contributed by atoms with Crippen molar-refractivity contribution < 1.29 is 14.3 Å². The van der Waals surface area contributed by atoms with Crippen molar-refractivity contribution in [3.8, 4) is 5.75 Å². The molecule has 1 aliphatic heterocycles. The van der Waals surface area contributed by atoms with Crippen molar-refractivity contribution >= 4 is 11.8 Å². The maximum absolute atomic E-state index is 12.7. The van der Waals surface area contributed by atoms with Gasteiger partial charge in [0.25, 0.3) is 5.91 Å². The number of piperidine rings is 1. The van der Waals surface area contributed by atoms with Gasteiger partial charge in [0.15, 0.2) is 0 Å². The van der Waals surface area contributed by atoms with E-state index >= 15 is 0 Å². The molecule has 5 nitrogen and oxygen atoms in total. The average Bonchev–Trinajstić information content (AvgIpc) is 3.58. The maximum Gasteiger partial charge on any atom is 0.251 e. The second kappa shape index (κ2) is 9.33. The van der Waals surface area contributed by atoms with Crippen LogP contribution < -0.4 is 10.1 Å². The number of nitrogens with one attached hydrogen (secondary N) is 1. The van der Waals surface area contributed by atoms with Gasteiger partial charge in [0.1, 0.15) is 5.75 Å². The van der Waals surface area contributed by atoms with Gasteiger partial charge < -0.3 is 15.0 Å². The van der Waals surface area contributed by atoms with Gasteiger partial charge in [-0.25, -0.2) is 0 Å². The molecule has 0 bridgehead atoms. The molecule has 1 heterocycles. The Morgan fingerprint density at radius 3 is 2.67 bits per heavy atom. The van der Waals surface area contributed by atoms with E-state index in [1.54, 1.807) is 6.07 Å². The lowest BCUT2D eigenvalue weighted by molar-refractivity contribution is -0.132. The Bertz CT molecular complexity index is 890. The van der Waals surface area contributed by atoms with Crippen molar-refractivity contribution in [2.24, 2.45) is 5.92 Å². The number of hydrogen-bond acceptors (Lipinski definition) is 3. The number of ether oxygens (including phenoxy) is 1. The van der Waals surface area contributed by atoms with Crippen LogP contribution >= 0.6 is 0 Å². The van der Waals surface area contributed by atoms with Gasteiger partial charge >= 0.3 is 0 Å². The van der Waals surface area contributed by atoms with Crippen LogP contribution in [0.1, 0.15) is 47.2 Å². The Labute approximate surface area is 178 Å². The predicted molar refractivity (Wildman–Crippen MR) is 117 cm³/mol. The Hall–Kier alpha value is -2.82. The third-order valence-electron chi connectivity index (χ3n) is 5.84. The first kappa shape index (κ1) is 20.5. The van der Waals surface area contributed by atoms with Crippen LogP contribution in [-0.4, -0.2) is 42.5 Å². The number of likely N-dealkylation sites (tertiary alicyclic amines) is 1. The fraction of sp³-hybridized carbons (Fsp3) is 0.440. The van der Waals surface area contributed by atoms with E-state index in [1.807, 2.05) is 35.2 Å². The summed E-state index contributed by atoms with van der Waals surface area (Å²) in [4.78, 5) is 26.9. The van der Waals surface area contributed by atoms with E-state index in [-0.39, 0.29) is 11.8 Å². The summed E-state index contributed by atoms with van der Waals surface area (Å²) in [5.74, 6) is 1.17. The first-order valence-corrected chi connectivity index (χ1v) is 10.9. The standard InChI is InChI=1S/C25H30N2O3/c1-18-7-9-19(10-8-18)14-24(28)27-13-3-4-20(16-27)17-30-23-6-2-5-21(15-23)25(29)26-22-11-12-22/h2,5-10,15,20,22H,3-4,11-14,16-17H2,1H3,(H,26,29)/t20-/m1/s1. The van der Waals surface area contributed by atoms with E-state index in [0.29, 0.717) is 36.3 Å². The summed E-state index contributed by atoms with van der Waals surface area (Å²) in [6.45, 7) is 4.16. The predicted octanol–water partition coefficient (Wildman–Crippen LogP) is 3.75. The highest BCUT2D eigenvalue weighted by Crippen LogP contribution is 2.22. The number of nitrogens with zero attached hydrogens (tertiary/aromatic N) is 1. The summed E-state index contributed by atoms with van der Waals surface area (Å²) in [7, 11) is 0. The third-order valence-corrected chi connectivity index (χ3v) is 5.84. The van der Waals surface area contributed by atoms with Crippen molar-refractivity contribution in [3.05, 3.63) is 65.2 Å². The fourth-order valence-corrected chi connectivity index (χ4v) is 3.86. The first-order valence-electron chi connectivity index (χ1n) is 10.9. The Balaban J connectivity index is 1.28. The molecule has 0 unspecified atom stereocenters. The number of carbonyl (C=O) groups excluding carboxylic acids is 2. The molecule has 30 heavy (non-hydrogen) atoms. The Morgan fingerprint density at radius 2 is 1.90 bits per heavy atom. The minimum Gasteiger partial charge on any atom is -0.493 e. The largest absolute Gasteiger partial charge is 0.493 e. The van der Waals surface area contributed by atoms with E-state index < -0.39 is 0 Å². The van der Waals surface area contributed by atoms with Crippen molar-refractivity contribution in [2.75, 3.05) is 19.7 Å². The van der Waals surface area contributed by atoms with E-state index in [9.17, 15) is 9.59 Å². The van der Waals surface area contributed by atoms with Crippen molar-refractivity contribution in [3.63, 3.8) is 0 Å². The molecule has 1 aliphatic carbocycles. The van der Waals surface area contributed by atoms with Crippen molar-refractivity contribution in [1.82, 2.24) is 10.2 Å². The lowest BCUT2D eigenvalue weighted by atomic mass is 9.98. The number of rotatable bonds is 7. The van der Waals surface area contributed by atoms with Crippen LogP contribution in [0.4, 0.5) is 0 Å². The summed E-state index contributed by atoms with van der Waals surface area (Å²) in [5.41, 5.74) is 2.90. The molecule has 0 radical (unpaired) electrons.